The van der Waals surface area contributed by atoms with Gasteiger partial charge in [-0.05, 0) is 0 Å². The van der Waals surface area contributed by atoms with Gasteiger partial charge in [-0.1, -0.05) is 0 Å². The molecular weight excluding hydrogens is 395 g/mol. The molecule has 24 heavy (non-hydrogen) atoms. The fraction of sp³-hybridized carbons (Fsp3) is 0.0435. The standard InChI is InChI=1S/C23H15.Sn/c1-2-9-17(10-3-1)22-20-13-7-6-12-19(20)21-15-14-16-8-4-5-11-18(16)23(21)22;/h1-10,12-15,22H;. The normalized spacial score (nSPS) is 15.3. The second-order valence-electron chi connectivity index (χ2n) is 6.36. The number of rotatable bonds is 1. The van der Waals surface area contributed by atoms with Gasteiger partial charge in [-0.2, -0.15) is 0 Å². The quantitative estimate of drug-likeness (QED) is 0.349. The number of fused-ring (bicyclic) bond motifs is 5. The van der Waals surface area contributed by atoms with Gasteiger partial charge in [0.05, 0.1) is 0 Å². The molecule has 0 bridgehead atoms. The summed E-state index contributed by atoms with van der Waals surface area (Å²) < 4.78 is 1.45. The molecule has 111 valence electrons. The first-order chi connectivity index (χ1) is 11.8. The molecule has 0 fully saturated rings. The molecule has 1 atom stereocenters. The summed E-state index contributed by atoms with van der Waals surface area (Å²) in [7, 11) is 0. The third kappa shape index (κ3) is 1.99. The number of benzene rings is 4. The molecule has 0 heterocycles. The van der Waals surface area contributed by atoms with Crippen molar-refractivity contribution in [1.29, 1.82) is 0 Å². The third-order valence-electron chi connectivity index (χ3n) is 5.07. The second kappa shape index (κ2) is 5.49. The summed E-state index contributed by atoms with van der Waals surface area (Å²) in [6, 6.07) is 31.1. The molecule has 4 aromatic rings. The topological polar surface area (TPSA) is 0 Å². The molecule has 0 saturated carbocycles. The van der Waals surface area contributed by atoms with Gasteiger partial charge in [0.15, 0.2) is 0 Å². The SMILES string of the molecule is [Sn][c]1cccc2ccc3c(c12)C(c1ccccc1)c1ccccc1-3. The summed E-state index contributed by atoms with van der Waals surface area (Å²) in [5, 5.41) is 2.81. The maximum absolute atomic E-state index is 2.31. The monoisotopic (exact) mass is 411 g/mol. The predicted octanol–water partition coefficient (Wildman–Crippen LogP) is 4.79. The van der Waals surface area contributed by atoms with Gasteiger partial charge in [-0.3, -0.25) is 0 Å². The van der Waals surface area contributed by atoms with Crippen molar-refractivity contribution >= 4 is 36.9 Å². The first kappa shape index (κ1) is 14.3. The Bertz CT molecular complexity index is 1060. The Morgan fingerprint density at radius 1 is 0.625 bits per heavy atom. The average molecular weight is 410 g/mol. The molecule has 1 unspecified atom stereocenters. The molecule has 0 aliphatic heterocycles. The van der Waals surface area contributed by atoms with Crippen LogP contribution in [0.3, 0.4) is 0 Å². The molecule has 1 aliphatic carbocycles. The van der Waals surface area contributed by atoms with E-state index in [9.17, 15) is 0 Å². The minimum absolute atomic E-state index is 0.336. The molecule has 4 aromatic carbocycles. The Morgan fingerprint density at radius 2 is 1.42 bits per heavy atom. The molecule has 0 nitrogen and oxygen atoms in total. The fourth-order valence-corrected chi connectivity index (χ4v) is 5.15. The van der Waals surface area contributed by atoms with Gasteiger partial charge in [0, 0.05) is 0 Å². The Hall–Kier alpha value is -2.06. The van der Waals surface area contributed by atoms with Gasteiger partial charge in [-0.25, -0.2) is 0 Å². The summed E-state index contributed by atoms with van der Waals surface area (Å²) in [5.74, 6) is 0.336. The van der Waals surface area contributed by atoms with Crippen LogP contribution in [0.25, 0.3) is 21.9 Å². The van der Waals surface area contributed by atoms with Crippen molar-refractivity contribution in [3.05, 3.63) is 102 Å². The van der Waals surface area contributed by atoms with Gasteiger partial charge in [0.25, 0.3) is 0 Å². The van der Waals surface area contributed by atoms with E-state index in [1.165, 1.54) is 64.7 Å². The van der Waals surface area contributed by atoms with Crippen LogP contribution in [0.1, 0.15) is 22.6 Å². The van der Waals surface area contributed by atoms with Crippen LogP contribution >= 0.6 is 0 Å². The van der Waals surface area contributed by atoms with Gasteiger partial charge >= 0.3 is 156 Å². The van der Waals surface area contributed by atoms with E-state index in [0.29, 0.717) is 5.92 Å². The molecule has 0 saturated heterocycles. The van der Waals surface area contributed by atoms with Gasteiger partial charge in [0.1, 0.15) is 0 Å². The summed E-state index contributed by atoms with van der Waals surface area (Å²) in [4.78, 5) is 0. The number of hydrogen-bond donors (Lipinski definition) is 0. The van der Waals surface area contributed by atoms with Crippen LogP contribution in [0.5, 0.6) is 0 Å². The van der Waals surface area contributed by atoms with Gasteiger partial charge < -0.3 is 0 Å². The van der Waals surface area contributed by atoms with Crippen LogP contribution in [-0.4, -0.2) is 22.5 Å². The second-order valence-corrected chi connectivity index (χ2v) is 7.90. The van der Waals surface area contributed by atoms with E-state index in [0.717, 1.165) is 0 Å². The Balaban J connectivity index is 1.93. The van der Waals surface area contributed by atoms with Crippen molar-refractivity contribution in [2.24, 2.45) is 0 Å². The summed E-state index contributed by atoms with van der Waals surface area (Å²) >= 11 is 1.48. The van der Waals surface area contributed by atoms with Gasteiger partial charge in [0.2, 0.25) is 0 Å². The summed E-state index contributed by atoms with van der Waals surface area (Å²) in [6.45, 7) is 0. The van der Waals surface area contributed by atoms with Crippen molar-refractivity contribution in [3.63, 3.8) is 0 Å². The van der Waals surface area contributed by atoms with Crippen molar-refractivity contribution in [2.75, 3.05) is 0 Å². The molecule has 1 heteroatoms. The summed E-state index contributed by atoms with van der Waals surface area (Å²) in [5.41, 5.74) is 7.11. The van der Waals surface area contributed by atoms with Crippen LogP contribution in [0, 0.1) is 0 Å². The fourth-order valence-electron chi connectivity index (χ4n) is 4.08. The molecule has 0 N–H and O–H groups in total. The first-order valence-electron chi connectivity index (χ1n) is 8.26. The first-order valence-corrected chi connectivity index (χ1v) is 9.69. The van der Waals surface area contributed by atoms with Crippen LogP contribution in [-0.2, 0) is 0 Å². The zero-order valence-corrected chi connectivity index (χ0v) is 16.0. The Kier molecular flexibility index (Phi) is 3.27. The van der Waals surface area contributed by atoms with Crippen molar-refractivity contribution in [1.82, 2.24) is 0 Å². The summed E-state index contributed by atoms with van der Waals surface area (Å²) in [6.07, 6.45) is 0. The predicted molar refractivity (Wildman–Crippen MR) is 102 cm³/mol. The molecule has 3 radical (unpaired) electrons. The van der Waals surface area contributed by atoms with E-state index >= 15 is 0 Å². The van der Waals surface area contributed by atoms with E-state index in [2.05, 4.69) is 84.9 Å². The van der Waals surface area contributed by atoms with Gasteiger partial charge in [-0.15, -0.1) is 0 Å². The van der Waals surface area contributed by atoms with Crippen LogP contribution in [0.2, 0.25) is 0 Å². The van der Waals surface area contributed by atoms with E-state index in [1.807, 2.05) is 0 Å². The molecule has 0 aromatic heterocycles. The van der Waals surface area contributed by atoms with E-state index in [-0.39, 0.29) is 0 Å². The minimum atomic E-state index is 0.336. The van der Waals surface area contributed by atoms with Crippen molar-refractivity contribution in [3.8, 4) is 11.1 Å². The third-order valence-corrected chi connectivity index (χ3v) is 6.26. The molecule has 1 aliphatic rings. The van der Waals surface area contributed by atoms with Crippen molar-refractivity contribution in [2.45, 2.75) is 5.92 Å². The molecule has 5 rings (SSSR count). The average Bonchev–Trinajstić information content (AvgIpc) is 2.97. The molecule has 0 amide bonds. The van der Waals surface area contributed by atoms with E-state index in [4.69, 9.17) is 0 Å². The zero-order valence-electron chi connectivity index (χ0n) is 13.2. The van der Waals surface area contributed by atoms with E-state index < -0.39 is 0 Å². The maximum atomic E-state index is 2.31. The molecule has 0 spiro atoms. The molecular formula is C23H15Sn. The van der Waals surface area contributed by atoms with Crippen LogP contribution < -0.4 is 3.58 Å². The Labute approximate surface area is 155 Å². The van der Waals surface area contributed by atoms with Crippen molar-refractivity contribution < 1.29 is 0 Å². The van der Waals surface area contributed by atoms with Crippen LogP contribution in [0.4, 0.5) is 0 Å². The van der Waals surface area contributed by atoms with Crippen LogP contribution in [0.15, 0.2) is 84.9 Å². The van der Waals surface area contributed by atoms with E-state index in [1.54, 1.807) is 0 Å². The zero-order chi connectivity index (χ0) is 16.1. The Morgan fingerprint density at radius 3 is 2.29 bits per heavy atom. The number of hydrogen-bond acceptors (Lipinski definition) is 0.